The first-order valence-corrected chi connectivity index (χ1v) is 7.72. The van der Waals surface area contributed by atoms with E-state index in [0.717, 1.165) is 36.8 Å². The Labute approximate surface area is 128 Å². The molecule has 0 saturated carbocycles. The van der Waals surface area contributed by atoms with Gasteiger partial charge in [-0.25, -0.2) is 0 Å². The van der Waals surface area contributed by atoms with Gasteiger partial charge in [0.05, 0.1) is 10.7 Å². The fourth-order valence-electron chi connectivity index (χ4n) is 2.05. The van der Waals surface area contributed by atoms with Crippen LogP contribution in [-0.4, -0.2) is 45.7 Å². The highest BCUT2D eigenvalue weighted by atomic mass is 35.5. The molecule has 0 bridgehead atoms. The third-order valence-corrected chi connectivity index (χ3v) is 3.77. The standard InChI is InChI=1S/C16H28ClN3/c1-6-9-18-13(2)14-7-8-16(15(17)12-14)20(5)11-10-19(3)4/h7-8,12-13,18H,6,9-11H2,1-5H3. The molecule has 1 atom stereocenters. The molecule has 1 aromatic carbocycles. The van der Waals surface area contributed by atoms with Gasteiger partial charge in [0, 0.05) is 26.2 Å². The van der Waals surface area contributed by atoms with Crippen molar-refractivity contribution in [2.24, 2.45) is 0 Å². The third kappa shape index (κ3) is 5.31. The Hall–Kier alpha value is -0.770. The lowest BCUT2D eigenvalue weighted by molar-refractivity contribution is 0.416. The smallest absolute Gasteiger partial charge is 0.0642 e. The van der Waals surface area contributed by atoms with E-state index in [0.29, 0.717) is 6.04 Å². The first-order valence-electron chi connectivity index (χ1n) is 7.34. The molecule has 0 amide bonds. The van der Waals surface area contributed by atoms with Crippen LogP contribution < -0.4 is 10.2 Å². The minimum atomic E-state index is 0.341. The predicted molar refractivity (Wildman–Crippen MR) is 90.0 cm³/mol. The maximum atomic E-state index is 6.43. The molecule has 4 heteroatoms. The summed E-state index contributed by atoms with van der Waals surface area (Å²) in [6, 6.07) is 6.71. The second-order valence-electron chi connectivity index (χ2n) is 5.61. The van der Waals surface area contributed by atoms with Crippen LogP contribution in [0.5, 0.6) is 0 Å². The van der Waals surface area contributed by atoms with Crippen molar-refractivity contribution in [3.8, 4) is 0 Å². The molecule has 114 valence electrons. The lowest BCUT2D eigenvalue weighted by Crippen LogP contribution is -2.28. The quantitative estimate of drug-likeness (QED) is 0.793. The van der Waals surface area contributed by atoms with E-state index in [-0.39, 0.29) is 0 Å². The van der Waals surface area contributed by atoms with E-state index in [9.17, 15) is 0 Å². The van der Waals surface area contributed by atoms with Crippen molar-refractivity contribution in [2.45, 2.75) is 26.3 Å². The number of hydrogen-bond acceptors (Lipinski definition) is 3. The van der Waals surface area contributed by atoms with Crippen LogP contribution in [-0.2, 0) is 0 Å². The molecule has 0 radical (unpaired) electrons. The predicted octanol–water partition coefficient (Wildman–Crippen LogP) is 3.40. The molecular formula is C16H28ClN3. The summed E-state index contributed by atoms with van der Waals surface area (Å²) < 4.78 is 0. The zero-order chi connectivity index (χ0) is 15.1. The summed E-state index contributed by atoms with van der Waals surface area (Å²) >= 11 is 6.43. The van der Waals surface area contributed by atoms with Crippen LogP contribution in [0, 0.1) is 0 Å². The van der Waals surface area contributed by atoms with Gasteiger partial charge < -0.3 is 15.1 Å². The van der Waals surface area contributed by atoms with Crippen molar-refractivity contribution >= 4 is 17.3 Å². The minimum absolute atomic E-state index is 0.341. The van der Waals surface area contributed by atoms with Crippen molar-refractivity contribution in [1.82, 2.24) is 10.2 Å². The molecular weight excluding hydrogens is 270 g/mol. The van der Waals surface area contributed by atoms with Gasteiger partial charge in [-0.15, -0.1) is 0 Å². The summed E-state index contributed by atoms with van der Waals surface area (Å²) in [6.07, 6.45) is 1.14. The summed E-state index contributed by atoms with van der Waals surface area (Å²) in [4.78, 5) is 4.38. The van der Waals surface area contributed by atoms with Crippen molar-refractivity contribution in [3.05, 3.63) is 28.8 Å². The van der Waals surface area contributed by atoms with Crippen LogP contribution in [0.15, 0.2) is 18.2 Å². The molecule has 0 aliphatic carbocycles. The molecule has 3 nitrogen and oxygen atoms in total. The molecule has 0 heterocycles. The van der Waals surface area contributed by atoms with Gasteiger partial charge in [-0.05, 0) is 51.7 Å². The average Bonchev–Trinajstić information content (AvgIpc) is 2.41. The molecule has 0 spiro atoms. The number of hydrogen-bond donors (Lipinski definition) is 1. The number of likely N-dealkylation sites (N-methyl/N-ethyl adjacent to an activating group) is 2. The van der Waals surface area contributed by atoms with Gasteiger partial charge in [0.2, 0.25) is 0 Å². The van der Waals surface area contributed by atoms with Crippen molar-refractivity contribution < 1.29 is 0 Å². The highest BCUT2D eigenvalue weighted by molar-refractivity contribution is 6.33. The van der Waals surface area contributed by atoms with Crippen LogP contribution in [0.4, 0.5) is 5.69 Å². The zero-order valence-corrected chi connectivity index (χ0v) is 14.2. The summed E-state index contributed by atoms with van der Waals surface area (Å²) in [6.45, 7) is 7.37. The third-order valence-electron chi connectivity index (χ3n) is 3.47. The topological polar surface area (TPSA) is 18.5 Å². The van der Waals surface area contributed by atoms with Crippen molar-refractivity contribution in [1.29, 1.82) is 0 Å². The van der Waals surface area contributed by atoms with E-state index >= 15 is 0 Å². The molecule has 0 fully saturated rings. The van der Waals surface area contributed by atoms with E-state index in [1.54, 1.807) is 0 Å². The van der Waals surface area contributed by atoms with Gasteiger partial charge in [0.15, 0.2) is 0 Å². The second kappa shape index (κ2) is 8.50. The van der Waals surface area contributed by atoms with Gasteiger partial charge in [-0.3, -0.25) is 0 Å². The summed E-state index contributed by atoms with van der Waals surface area (Å²) in [5.74, 6) is 0. The monoisotopic (exact) mass is 297 g/mol. The number of benzene rings is 1. The van der Waals surface area contributed by atoms with E-state index in [4.69, 9.17) is 11.6 Å². The van der Waals surface area contributed by atoms with Crippen LogP contribution >= 0.6 is 11.6 Å². The van der Waals surface area contributed by atoms with Gasteiger partial charge in [-0.2, -0.15) is 0 Å². The first kappa shape index (κ1) is 17.3. The van der Waals surface area contributed by atoms with Gasteiger partial charge in [-0.1, -0.05) is 24.6 Å². The second-order valence-corrected chi connectivity index (χ2v) is 6.02. The highest BCUT2D eigenvalue weighted by Gasteiger charge is 2.10. The number of rotatable bonds is 8. The molecule has 0 aliphatic heterocycles. The minimum Gasteiger partial charge on any atom is -0.372 e. The zero-order valence-electron chi connectivity index (χ0n) is 13.4. The van der Waals surface area contributed by atoms with Gasteiger partial charge in [0.1, 0.15) is 0 Å². The fraction of sp³-hybridized carbons (Fsp3) is 0.625. The van der Waals surface area contributed by atoms with Crippen LogP contribution in [0.1, 0.15) is 31.9 Å². The Kier molecular flexibility index (Phi) is 7.35. The molecule has 1 rings (SSSR count). The van der Waals surface area contributed by atoms with Gasteiger partial charge in [0.25, 0.3) is 0 Å². The molecule has 1 N–H and O–H groups in total. The number of nitrogens with one attached hydrogen (secondary N) is 1. The summed E-state index contributed by atoms with van der Waals surface area (Å²) in [5.41, 5.74) is 2.34. The Morgan fingerprint density at radius 1 is 1.20 bits per heavy atom. The fourth-order valence-corrected chi connectivity index (χ4v) is 2.38. The maximum absolute atomic E-state index is 6.43. The number of nitrogens with zero attached hydrogens (tertiary/aromatic N) is 2. The molecule has 1 aromatic rings. The SMILES string of the molecule is CCCNC(C)c1ccc(N(C)CCN(C)C)c(Cl)c1. The van der Waals surface area contributed by atoms with Gasteiger partial charge >= 0.3 is 0 Å². The molecule has 0 aliphatic rings. The van der Waals surface area contributed by atoms with E-state index in [1.165, 1.54) is 5.56 Å². The first-order chi connectivity index (χ1) is 9.45. The van der Waals surface area contributed by atoms with Crippen molar-refractivity contribution in [3.63, 3.8) is 0 Å². The highest BCUT2D eigenvalue weighted by Crippen LogP contribution is 2.28. The number of halogens is 1. The average molecular weight is 298 g/mol. The molecule has 20 heavy (non-hydrogen) atoms. The number of anilines is 1. The van der Waals surface area contributed by atoms with E-state index in [2.05, 4.69) is 68.3 Å². The molecule has 0 aromatic heterocycles. The Morgan fingerprint density at radius 3 is 2.45 bits per heavy atom. The maximum Gasteiger partial charge on any atom is 0.0642 e. The van der Waals surface area contributed by atoms with Crippen LogP contribution in [0.2, 0.25) is 5.02 Å². The summed E-state index contributed by atoms with van der Waals surface area (Å²) in [7, 11) is 6.25. The Bertz CT molecular complexity index is 407. The van der Waals surface area contributed by atoms with E-state index in [1.807, 2.05) is 0 Å². The summed E-state index contributed by atoms with van der Waals surface area (Å²) in [5, 5.41) is 4.31. The lowest BCUT2D eigenvalue weighted by atomic mass is 10.1. The molecule has 1 unspecified atom stereocenters. The largest absolute Gasteiger partial charge is 0.372 e. The normalized spacial score (nSPS) is 12.8. The van der Waals surface area contributed by atoms with Crippen LogP contribution in [0.25, 0.3) is 0 Å². The van der Waals surface area contributed by atoms with Crippen LogP contribution in [0.3, 0.4) is 0 Å². The lowest BCUT2D eigenvalue weighted by Gasteiger charge is -2.23. The Balaban J connectivity index is 2.72. The van der Waals surface area contributed by atoms with Crippen molar-refractivity contribution in [2.75, 3.05) is 45.7 Å². The Morgan fingerprint density at radius 2 is 1.90 bits per heavy atom. The molecule has 0 saturated heterocycles. The van der Waals surface area contributed by atoms with E-state index < -0.39 is 0 Å².